The number of hydrogen-bond donors (Lipinski definition) is 1. The summed E-state index contributed by atoms with van der Waals surface area (Å²) < 4.78 is 23.1. The van der Waals surface area contributed by atoms with Gasteiger partial charge in [0, 0.05) is 17.5 Å². The highest BCUT2D eigenvalue weighted by atomic mass is 32.2. The Bertz CT molecular complexity index is 500. The number of aryl methyl sites for hydroxylation is 1. The lowest BCUT2D eigenvalue weighted by molar-refractivity contribution is 0.481. The molecule has 0 aromatic carbocycles. The molecule has 20 heavy (non-hydrogen) atoms. The van der Waals surface area contributed by atoms with Crippen LogP contribution in [0.2, 0.25) is 0 Å². The van der Waals surface area contributed by atoms with Crippen LogP contribution in [-0.2, 0) is 9.84 Å². The molecule has 0 saturated carbocycles. The zero-order valence-electron chi connectivity index (χ0n) is 12.7. The van der Waals surface area contributed by atoms with Crippen molar-refractivity contribution in [1.82, 2.24) is 10.3 Å². The first-order chi connectivity index (χ1) is 9.48. The Morgan fingerprint density at radius 2 is 2.05 bits per heavy atom. The molecular weight excluding hydrogens is 272 g/mol. The second-order valence-electron chi connectivity index (χ2n) is 5.09. The van der Waals surface area contributed by atoms with E-state index in [0.29, 0.717) is 6.42 Å². The predicted octanol–water partition coefficient (Wildman–Crippen LogP) is 2.65. The van der Waals surface area contributed by atoms with Gasteiger partial charge in [-0.15, -0.1) is 0 Å². The molecule has 1 unspecified atom stereocenters. The smallest absolute Gasteiger partial charge is 0.150 e. The van der Waals surface area contributed by atoms with Crippen LogP contribution < -0.4 is 5.32 Å². The summed E-state index contributed by atoms with van der Waals surface area (Å²) in [6, 6.07) is 6.12. The van der Waals surface area contributed by atoms with Crippen molar-refractivity contribution in [2.75, 3.05) is 18.1 Å². The minimum absolute atomic E-state index is 0.141. The first-order valence-corrected chi connectivity index (χ1v) is 9.18. The molecule has 0 aliphatic heterocycles. The van der Waals surface area contributed by atoms with Crippen molar-refractivity contribution >= 4 is 9.84 Å². The van der Waals surface area contributed by atoms with Crippen LogP contribution in [0.4, 0.5) is 0 Å². The summed E-state index contributed by atoms with van der Waals surface area (Å²) in [5, 5.41) is 3.46. The number of sulfone groups is 1. The summed E-state index contributed by atoms with van der Waals surface area (Å²) in [4.78, 5) is 4.55. The molecule has 0 aliphatic rings. The van der Waals surface area contributed by atoms with E-state index in [1.807, 2.05) is 25.1 Å². The average Bonchev–Trinajstić information content (AvgIpc) is 2.42. The van der Waals surface area contributed by atoms with Crippen molar-refractivity contribution in [2.45, 2.75) is 46.1 Å². The molecule has 5 heteroatoms. The van der Waals surface area contributed by atoms with Gasteiger partial charge in [0.25, 0.3) is 0 Å². The van der Waals surface area contributed by atoms with Gasteiger partial charge in [0.05, 0.1) is 11.4 Å². The number of nitrogens with one attached hydrogen (secondary N) is 1. The molecule has 1 heterocycles. The van der Waals surface area contributed by atoms with E-state index in [4.69, 9.17) is 0 Å². The van der Waals surface area contributed by atoms with Crippen LogP contribution >= 0.6 is 0 Å². The van der Waals surface area contributed by atoms with Crippen LogP contribution in [0.15, 0.2) is 18.2 Å². The zero-order chi connectivity index (χ0) is 15.0. The van der Waals surface area contributed by atoms with E-state index in [1.54, 1.807) is 6.92 Å². The molecule has 0 amide bonds. The molecule has 4 nitrogen and oxygen atoms in total. The largest absolute Gasteiger partial charge is 0.309 e. The van der Waals surface area contributed by atoms with E-state index in [2.05, 4.69) is 17.2 Å². The minimum atomic E-state index is -2.87. The van der Waals surface area contributed by atoms with Crippen LogP contribution in [0.1, 0.15) is 50.5 Å². The Balaban J connectivity index is 2.65. The summed E-state index contributed by atoms with van der Waals surface area (Å²) in [5.41, 5.74) is 2.00. The lowest BCUT2D eigenvalue weighted by Gasteiger charge is -2.18. The van der Waals surface area contributed by atoms with Gasteiger partial charge in [0.1, 0.15) is 9.84 Å². The number of pyridine rings is 1. The third-order valence-corrected chi connectivity index (χ3v) is 5.09. The maximum absolute atomic E-state index is 11.5. The lowest BCUT2D eigenvalue weighted by Crippen LogP contribution is -2.24. The van der Waals surface area contributed by atoms with Crippen molar-refractivity contribution in [3.63, 3.8) is 0 Å². The van der Waals surface area contributed by atoms with Crippen molar-refractivity contribution in [3.8, 4) is 0 Å². The van der Waals surface area contributed by atoms with Crippen molar-refractivity contribution in [1.29, 1.82) is 0 Å². The number of nitrogens with zero attached hydrogens (tertiary/aromatic N) is 1. The summed E-state index contributed by atoms with van der Waals surface area (Å²) >= 11 is 0. The van der Waals surface area contributed by atoms with Gasteiger partial charge >= 0.3 is 0 Å². The predicted molar refractivity (Wildman–Crippen MR) is 83.6 cm³/mol. The molecule has 0 bridgehead atoms. The van der Waals surface area contributed by atoms with E-state index in [9.17, 15) is 8.42 Å². The second-order valence-corrected chi connectivity index (χ2v) is 7.56. The standard InChI is InChI=1S/C15H26N2O2S/c1-4-11-16-14(10-7-12-20(18,19)5-2)15-9-6-8-13(3)17-15/h6,8-9,14,16H,4-5,7,10-12H2,1-3H3. The van der Waals surface area contributed by atoms with Gasteiger partial charge < -0.3 is 5.32 Å². The first kappa shape index (κ1) is 17.1. The van der Waals surface area contributed by atoms with Gasteiger partial charge in [0.2, 0.25) is 0 Å². The molecule has 1 rings (SSSR count). The van der Waals surface area contributed by atoms with E-state index >= 15 is 0 Å². The fraction of sp³-hybridized carbons (Fsp3) is 0.667. The minimum Gasteiger partial charge on any atom is -0.309 e. The van der Waals surface area contributed by atoms with Gasteiger partial charge in [-0.2, -0.15) is 0 Å². The number of hydrogen-bond acceptors (Lipinski definition) is 4. The molecule has 1 N–H and O–H groups in total. The molecule has 114 valence electrons. The van der Waals surface area contributed by atoms with Crippen molar-refractivity contribution < 1.29 is 8.42 Å². The second kappa shape index (κ2) is 8.37. The fourth-order valence-corrected chi connectivity index (χ4v) is 2.98. The SMILES string of the molecule is CCCNC(CCCS(=O)(=O)CC)c1cccc(C)n1. The number of aromatic nitrogens is 1. The Morgan fingerprint density at radius 3 is 2.65 bits per heavy atom. The van der Waals surface area contributed by atoms with Gasteiger partial charge in [-0.1, -0.05) is 19.9 Å². The Labute approximate surface area is 122 Å². The van der Waals surface area contributed by atoms with Crippen molar-refractivity contribution in [2.24, 2.45) is 0 Å². The summed E-state index contributed by atoms with van der Waals surface area (Å²) in [5.74, 6) is 0.488. The third-order valence-electron chi connectivity index (χ3n) is 3.30. The van der Waals surface area contributed by atoms with Crippen LogP contribution in [-0.4, -0.2) is 31.5 Å². The Hall–Kier alpha value is -0.940. The van der Waals surface area contributed by atoms with E-state index in [1.165, 1.54) is 0 Å². The molecule has 0 radical (unpaired) electrons. The highest BCUT2D eigenvalue weighted by Crippen LogP contribution is 2.17. The Kier molecular flexibility index (Phi) is 7.16. The molecule has 1 aromatic rings. The molecule has 0 fully saturated rings. The van der Waals surface area contributed by atoms with E-state index < -0.39 is 9.84 Å². The summed E-state index contributed by atoms with van der Waals surface area (Å²) in [6.07, 6.45) is 2.53. The average molecular weight is 298 g/mol. The van der Waals surface area contributed by atoms with Crippen LogP contribution in [0.25, 0.3) is 0 Å². The molecule has 0 spiro atoms. The monoisotopic (exact) mass is 298 g/mol. The topological polar surface area (TPSA) is 59.1 Å². The maximum Gasteiger partial charge on any atom is 0.150 e. The highest BCUT2D eigenvalue weighted by Gasteiger charge is 2.14. The Morgan fingerprint density at radius 1 is 1.30 bits per heavy atom. The lowest BCUT2D eigenvalue weighted by atomic mass is 10.1. The molecular formula is C15H26N2O2S. The van der Waals surface area contributed by atoms with E-state index in [-0.39, 0.29) is 17.5 Å². The van der Waals surface area contributed by atoms with E-state index in [0.717, 1.165) is 30.8 Å². The maximum atomic E-state index is 11.5. The van der Waals surface area contributed by atoms with Crippen molar-refractivity contribution in [3.05, 3.63) is 29.6 Å². The summed E-state index contributed by atoms with van der Waals surface area (Å²) in [7, 11) is -2.87. The zero-order valence-corrected chi connectivity index (χ0v) is 13.5. The van der Waals surface area contributed by atoms with Gasteiger partial charge in [-0.25, -0.2) is 8.42 Å². The fourth-order valence-electron chi connectivity index (χ4n) is 2.08. The quantitative estimate of drug-likeness (QED) is 0.761. The van der Waals surface area contributed by atoms with Crippen LogP contribution in [0.5, 0.6) is 0 Å². The van der Waals surface area contributed by atoms with Crippen LogP contribution in [0.3, 0.4) is 0 Å². The van der Waals surface area contributed by atoms with Gasteiger partial charge in [-0.05, 0) is 44.9 Å². The normalized spacial score (nSPS) is 13.3. The highest BCUT2D eigenvalue weighted by molar-refractivity contribution is 7.91. The number of rotatable bonds is 9. The van der Waals surface area contributed by atoms with Gasteiger partial charge in [-0.3, -0.25) is 4.98 Å². The molecule has 0 aliphatic carbocycles. The summed E-state index contributed by atoms with van der Waals surface area (Å²) in [6.45, 7) is 6.71. The molecule has 0 saturated heterocycles. The third kappa shape index (κ3) is 6.01. The molecule has 1 aromatic heterocycles. The first-order valence-electron chi connectivity index (χ1n) is 7.36. The molecule has 1 atom stereocenters. The van der Waals surface area contributed by atoms with Crippen LogP contribution in [0, 0.1) is 6.92 Å². The van der Waals surface area contributed by atoms with Gasteiger partial charge in [0.15, 0.2) is 0 Å².